The van der Waals surface area contributed by atoms with Gasteiger partial charge < -0.3 is 10.6 Å². The first-order valence-electron chi connectivity index (χ1n) is 5.80. The lowest BCUT2D eigenvalue weighted by molar-refractivity contribution is -0.136. The van der Waals surface area contributed by atoms with Gasteiger partial charge in [0, 0.05) is 30.8 Å². The highest BCUT2D eigenvalue weighted by atomic mass is 32.2. The fraction of sp³-hybridized carbons (Fsp3) is 0.909. The number of carbonyl (C=O) groups excluding carboxylic acids is 1. The quantitative estimate of drug-likeness (QED) is 0.726. The fourth-order valence-corrected chi connectivity index (χ4v) is 3.56. The molecule has 15 heavy (non-hydrogen) atoms. The van der Waals surface area contributed by atoms with Gasteiger partial charge in [-0.15, -0.1) is 0 Å². The van der Waals surface area contributed by atoms with Crippen LogP contribution in [0.4, 0.5) is 0 Å². The number of hydrogen-bond donors (Lipinski definition) is 1. The Morgan fingerprint density at radius 3 is 2.87 bits per heavy atom. The van der Waals surface area contributed by atoms with Crippen molar-refractivity contribution in [2.24, 2.45) is 17.6 Å². The molecule has 1 amide bonds. The van der Waals surface area contributed by atoms with E-state index in [-0.39, 0.29) is 12.0 Å². The van der Waals surface area contributed by atoms with E-state index in [0.717, 1.165) is 37.4 Å². The summed E-state index contributed by atoms with van der Waals surface area (Å²) in [6.45, 7) is 3.88. The van der Waals surface area contributed by atoms with Crippen LogP contribution < -0.4 is 5.73 Å². The van der Waals surface area contributed by atoms with Crippen LogP contribution in [0, 0.1) is 11.8 Å². The first-order valence-corrected chi connectivity index (χ1v) is 6.96. The molecule has 0 aliphatic carbocycles. The maximum atomic E-state index is 12.1. The first kappa shape index (κ1) is 11.3. The summed E-state index contributed by atoms with van der Waals surface area (Å²) in [7, 11) is 0. The third kappa shape index (κ3) is 2.48. The van der Waals surface area contributed by atoms with Crippen LogP contribution in [-0.4, -0.2) is 41.4 Å². The van der Waals surface area contributed by atoms with Crippen molar-refractivity contribution < 1.29 is 4.79 Å². The third-order valence-electron chi connectivity index (χ3n) is 3.56. The van der Waals surface area contributed by atoms with E-state index >= 15 is 0 Å². The van der Waals surface area contributed by atoms with Gasteiger partial charge in [0.15, 0.2) is 0 Å². The predicted molar refractivity (Wildman–Crippen MR) is 63.8 cm³/mol. The number of nitrogens with two attached hydrogens (primary N) is 1. The summed E-state index contributed by atoms with van der Waals surface area (Å²) in [5.41, 5.74) is 5.95. The predicted octanol–water partition coefficient (Wildman–Crippen LogP) is 0.935. The van der Waals surface area contributed by atoms with E-state index in [4.69, 9.17) is 5.73 Å². The van der Waals surface area contributed by atoms with Gasteiger partial charge in [-0.1, -0.05) is 6.92 Å². The van der Waals surface area contributed by atoms with Gasteiger partial charge >= 0.3 is 0 Å². The topological polar surface area (TPSA) is 46.3 Å². The van der Waals surface area contributed by atoms with E-state index < -0.39 is 0 Å². The summed E-state index contributed by atoms with van der Waals surface area (Å²) in [6, 6.07) is 0.284. The van der Waals surface area contributed by atoms with Crippen LogP contribution in [0.15, 0.2) is 0 Å². The molecule has 2 aliphatic rings. The number of nitrogens with zero attached hydrogens (tertiary/aromatic N) is 1. The molecule has 2 fully saturated rings. The van der Waals surface area contributed by atoms with Crippen LogP contribution in [-0.2, 0) is 4.79 Å². The zero-order valence-corrected chi connectivity index (χ0v) is 10.1. The standard InChI is InChI=1S/C11H20N2OS/c1-8-6-13(4-2-10(8)12)11(14)9-3-5-15-7-9/h8-10H,2-7,12H2,1H3. The molecule has 3 atom stereocenters. The van der Waals surface area contributed by atoms with Crippen LogP contribution in [0.2, 0.25) is 0 Å². The molecule has 0 aromatic heterocycles. The van der Waals surface area contributed by atoms with E-state index in [1.165, 1.54) is 0 Å². The Morgan fingerprint density at radius 1 is 1.47 bits per heavy atom. The average Bonchev–Trinajstić information content (AvgIpc) is 2.74. The molecule has 2 aliphatic heterocycles. The summed E-state index contributed by atoms with van der Waals surface area (Å²) >= 11 is 1.90. The van der Waals surface area contributed by atoms with Gasteiger partial charge in [-0.05, 0) is 24.5 Å². The number of piperidine rings is 1. The maximum absolute atomic E-state index is 12.1. The summed E-state index contributed by atoms with van der Waals surface area (Å²) in [6.07, 6.45) is 2.03. The van der Waals surface area contributed by atoms with E-state index in [1.807, 2.05) is 16.7 Å². The normalized spacial score (nSPS) is 36.9. The highest BCUT2D eigenvalue weighted by molar-refractivity contribution is 7.99. The van der Waals surface area contributed by atoms with E-state index in [2.05, 4.69) is 6.92 Å². The fourth-order valence-electron chi connectivity index (χ4n) is 2.35. The van der Waals surface area contributed by atoms with Gasteiger partial charge in [0.25, 0.3) is 0 Å². The monoisotopic (exact) mass is 228 g/mol. The molecular formula is C11H20N2OS. The average molecular weight is 228 g/mol. The van der Waals surface area contributed by atoms with Crippen molar-refractivity contribution in [3.05, 3.63) is 0 Å². The molecule has 2 saturated heterocycles. The Hall–Kier alpha value is -0.220. The lowest BCUT2D eigenvalue weighted by Crippen LogP contribution is -2.49. The number of carbonyl (C=O) groups is 1. The van der Waals surface area contributed by atoms with Crippen molar-refractivity contribution in [3.8, 4) is 0 Å². The van der Waals surface area contributed by atoms with Crippen LogP contribution in [0.3, 0.4) is 0 Å². The van der Waals surface area contributed by atoms with E-state index in [9.17, 15) is 4.79 Å². The van der Waals surface area contributed by atoms with Crippen molar-refractivity contribution in [1.82, 2.24) is 4.90 Å². The van der Waals surface area contributed by atoms with E-state index in [0.29, 0.717) is 11.8 Å². The smallest absolute Gasteiger partial charge is 0.226 e. The highest BCUT2D eigenvalue weighted by Gasteiger charge is 2.31. The largest absolute Gasteiger partial charge is 0.342 e. The molecule has 3 nitrogen and oxygen atoms in total. The van der Waals surface area contributed by atoms with Gasteiger partial charge in [0.2, 0.25) is 5.91 Å². The summed E-state index contributed by atoms with van der Waals surface area (Å²) < 4.78 is 0. The second-order valence-electron chi connectivity index (χ2n) is 4.77. The van der Waals surface area contributed by atoms with Crippen molar-refractivity contribution in [1.29, 1.82) is 0 Å². The molecule has 0 saturated carbocycles. The van der Waals surface area contributed by atoms with Gasteiger partial charge in [-0.25, -0.2) is 0 Å². The SMILES string of the molecule is CC1CN(C(=O)C2CCSC2)CCC1N. The second-order valence-corrected chi connectivity index (χ2v) is 5.92. The summed E-state index contributed by atoms with van der Waals surface area (Å²) in [5, 5.41) is 0. The van der Waals surface area contributed by atoms with Crippen molar-refractivity contribution in [2.45, 2.75) is 25.8 Å². The van der Waals surface area contributed by atoms with Gasteiger partial charge in [-0.3, -0.25) is 4.79 Å². The number of amides is 1. The molecule has 3 unspecified atom stereocenters. The zero-order chi connectivity index (χ0) is 10.8. The Kier molecular flexibility index (Phi) is 3.57. The van der Waals surface area contributed by atoms with Crippen LogP contribution in [0.1, 0.15) is 19.8 Å². The molecule has 0 aromatic rings. The van der Waals surface area contributed by atoms with Gasteiger partial charge in [0.1, 0.15) is 0 Å². The molecule has 2 heterocycles. The summed E-state index contributed by atoms with van der Waals surface area (Å²) in [4.78, 5) is 14.2. The van der Waals surface area contributed by atoms with E-state index in [1.54, 1.807) is 0 Å². The number of thioether (sulfide) groups is 1. The minimum absolute atomic E-state index is 0.284. The molecule has 4 heteroatoms. The van der Waals surface area contributed by atoms with Gasteiger partial charge in [0.05, 0.1) is 0 Å². The molecule has 2 N–H and O–H groups in total. The summed E-state index contributed by atoms with van der Waals surface area (Å²) in [5.74, 6) is 3.29. The Labute approximate surface area is 95.8 Å². The Bertz CT molecular complexity index is 241. The van der Waals surface area contributed by atoms with Crippen molar-refractivity contribution in [3.63, 3.8) is 0 Å². The minimum atomic E-state index is 0.284. The van der Waals surface area contributed by atoms with Crippen LogP contribution in [0.5, 0.6) is 0 Å². The third-order valence-corrected chi connectivity index (χ3v) is 4.72. The lowest BCUT2D eigenvalue weighted by Gasteiger charge is -2.36. The zero-order valence-electron chi connectivity index (χ0n) is 9.32. The molecule has 2 rings (SSSR count). The molecule has 0 aromatic carbocycles. The second kappa shape index (κ2) is 4.74. The van der Waals surface area contributed by atoms with Crippen LogP contribution in [0.25, 0.3) is 0 Å². The maximum Gasteiger partial charge on any atom is 0.226 e. The van der Waals surface area contributed by atoms with Gasteiger partial charge in [-0.2, -0.15) is 11.8 Å². The number of hydrogen-bond acceptors (Lipinski definition) is 3. The Balaban J connectivity index is 1.90. The molecule has 0 spiro atoms. The van der Waals surface area contributed by atoms with Crippen molar-refractivity contribution in [2.75, 3.05) is 24.6 Å². The molecule has 0 radical (unpaired) electrons. The first-order chi connectivity index (χ1) is 7.18. The van der Waals surface area contributed by atoms with Crippen molar-refractivity contribution >= 4 is 17.7 Å². The lowest BCUT2D eigenvalue weighted by atomic mass is 9.93. The Morgan fingerprint density at radius 2 is 2.27 bits per heavy atom. The highest BCUT2D eigenvalue weighted by Crippen LogP contribution is 2.26. The van der Waals surface area contributed by atoms with Crippen LogP contribution >= 0.6 is 11.8 Å². The number of rotatable bonds is 1. The number of likely N-dealkylation sites (tertiary alicyclic amines) is 1. The molecule has 0 bridgehead atoms. The molecular weight excluding hydrogens is 208 g/mol. The minimum Gasteiger partial charge on any atom is -0.342 e. The molecule has 86 valence electrons.